The third-order valence-electron chi connectivity index (χ3n) is 4.45. The molecule has 1 aromatic heterocycles. The number of hydrogen-bond acceptors (Lipinski definition) is 4. The van der Waals surface area contributed by atoms with E-state index in [2.05, 4.69) is 10.3 Å². The molecular weight excluding hydrogens is 445 g/mol. The minimum Gasteiger partial charge on any atom is -1.00 e. The topological polar surface area (TPSA) is 93.9 Å². The molecule has 0 spiro atoms. The molecule has 0 aliphatic rings. The van der Waals surface area contributed by atoms with Gasteiger partial charge in [0.05, 0.1) is 17.9 Å². The van der Waals surface area contributed by atoms with Gasteiger partial charge in [-0.2, -0.15) is 18.2 Å². The quantitative estimate of drug-likeness (QED) is 0.482. The number of carbonyl (C=O) groups excluding carboxylic acids is 1. The number of nitrogens with one attached hydrogen (secondary N) is 1. The van der Waals surface area contributed by atoms with E-state index >= 15 is 0 Å². The summed E-state index contributed by atoms with van der Waals surface area (Å²) in [6, 6.07) is 17.9. The predicted molar refractivity (Wildman–Crippen MR) is 110 cm³/mol. The molecule has 32 heavy (non-hydrogen) atoms. The molecule has 170 valence electrons. The standard InChI is InChI=1S/C22H21F3N4O2.ClH/c23-22(24,25)17-8-4-7-16(13-17)14-27-19-10-9-18(20(26)29-19)28-21(30)31-12-11-15-5-2-1-3-6-15;/h1-10,13H,11-12,14H2,(H,28,30)(H3,26,27,29);1H. The van der Waals surface area contributed by atoms with Gasteiger partial charge < -0.3 is 22.9 Å². The number of ether oxygens (including phenoxy) is 1. The summed E-state index contributed by atoms with van der Waals surface area (Å²) < 4.78 is 43.6. The van der Waals surface area contributed by atoms with E-state index < -0.39 is 17.8 Å². The number of quaternary nitrogens is 1. The Kier molecular flexibility index (Phi) is 8.86. The molecule has 0 fully saturated rings. The Hall–Kier alpha value is -3.30. The Morgan fingerprint density at radius 3 is 2.44 bits per heavy atom. The van der Waals surface area contributed by atoms with E-state index in [0.29, 0.717) is 23.5 Å². The van der Waals surface area contributed by atoms with E-state index in [1.54, 1.807) is 23.5 Å². The highest BCUT2D eigenvalue weighted by atomic mass is 35.5. The molecule has 0 bridgehead atoms. The molecule has 0 aliphatic carbocycles. The Labute approximate surface area is 189 Å². The summed E-state index contributed by atoms with van der Waals surface area (Å²) in [5, 5.41) is 4.19. The normalized spacial score (nSPS) is 10.8. The summed E-state index contributed by atoms with van der Waals surface area (Å²) in [7, 11) is 0. The number of nitrogen functional groups attached to an aromatic ring is 1. The van der Waals surface area contributed by atoms with Crippen molar-refractivity contribution in [3.8, 4) is 0 Å². The molecule has 3 rings (SSSR count). The average molecular weight is 467 g/mol. The van der Waals surface area contributed by atoms with Crippen LogP contribution in [0.15, 0.2) is 66.7 Å². The SMILES string of the molecule is Nc1nc([NH2+]Cc2cccc(C(F)(F)F)c2)ccc1NC(=O)OCCc1ccccc1.[Cl-]. The molecule has 6 nitrogen and oxygen atoms in total. The zero-order valence-corrected chi connectivity index (χ0v) is 17.7. The lowest BCUT2D eigenvalue weighted by Gasteiger charge is -2.10. The molecule has 0 saturated heterocycles. The second kappa shape index (κ2) is 11.4. The van der Waals surface area contributed by atoms with Crippen molar-refractivity contribution in [2.45, 2.75) is 19.1 Å². The van der Waals surface area contributed by atoms with Crippen molar-refractivity contribution in [3.05, 3.63) is 83.4 Å². The summed E-state index contributed by atoms with van der Waals surface area (Å²) in [6.45, 7) is 0.469. The molecule has 5 N–H and O–H groups in total. The molecule has 0 atom stereocenters. The van der Waals surface area contributed by atoms with Crippen LogP contribution in [0, 0.1) is 0 Å². The van der Waals surface area contributed by atoms with Crippen molar-refractivity contribution in [1.82, 2.24) is 4.98 Å². The van der Waals surface area contributed by atoms with Gasteiger partial charge in [0.25, 0.3) is 0 Å². The fourth-order valence-electron chi connectivity index (χ4n) is 2.86. The summed E-state index contributed by atoms with van der Waals surface area (Å²) in [4.78, 5) is 16.1. The van der Waals surface area contributed by atoms with Crippen molar-refractivity contribution in [3.63, 3.8) is 0 Å². The van der Waals surface area contributed by atoms with Crippen LogP contribution in [0.4, 0.5) is 35.3 Å². The Morgan fingerprint density at radius 2 is 1.75 bits per heavy atom. The molecular formula is C22H22ClF3N4O2. The number of hydrogen-bond donors (Lipinski definition) is 3. The molecule has 0 aliphatic heterocycles. The van der Waals surface area contributed by atoms with Gasteiger partial charge in [0.15, 0.2) is 5.82 Å². The number of carbonyl (C=O) groups is 1. The molecule has 3 aromatic rings. The molecule has 10 heteroatoms. The zero-order chi connectivity index (χ0) is 22.3. The third-order valence-corrected chi connectivity index (χ3v) is 4.45. The first-order chi connectivity index (χ1) is 14.8. The highest BCUT2D eigenvalue weighted by Crippen LogP contribution is 2.29. The van der Waals surface area contributed by atoms with Crippen LogP contribution in [0.5, 0.6) is 0 Å². The number of pyridine rings is 1. The molecule has 0 radical (unpaired) electrons. The van der Waals surface area contributed by atoms with Gasteiger partial charge in [0, 0.05) is 18.1 Å². The minimum atomic E-state index is -4.39. The van der Waals surface area contributed by atoms with Gasteiger partial charge >= 0.3 is 12.3 Å². The van der Waals surface area contributed by atoms with Gasteiger partial charge in [-0.25, -0.2) is 4.79 Å². The molecule has 1 heterocycles. The second-order valence-corrected chi connectivity index (χ2v) is 6.77. The number of halogens is 4. The number of aromatic nitrogens is 1. The van der Waals surface area contributed by atoms with E-state index in [0.717, 1.165) is 17.7 Å². The first-order valence-corrected chi connectivity index (χ1v) is 9.55. The monoisotopic (exact) mass is 466 g/mol. The highest BCUT2D eigenvalue weighted by molar-refractivity contribution is 5.88. The smallest absolute Gasteiger partial charge is 0.416 e. The van der Waals surface area contributed by atoms with Crippen LogP contribution in [-0.4, -0.2) is 17.7 Å². The highest BCUT2D eigenvalue weighted by Gasteiger charge is 2.30. The summed E-state index contributed by atoms with van der Waals surface area (Å²) >= 11 is 0. The molecule has 0 unspecified atom stereocenters. The van der Waals surface area contributed by atoms with Gasteiger partial charge in [0.1, 0.15) is 6.54 Å². The first kappa shape index (κ1) is 25.0. The largest absolute Gasteiger partial charge is 1.00 e. The van der Waals surface area contributed by atoms with Gasteiger partial charge in [0.2, 0.25) is 5.82 Å². The lowest BCUT2D eigenvalue weighted by molar-refractivity contribution is -0.592. The van der Waals surface area contributed by atoms with Crippen molar-refractivity contribution in [2.75, 3.05) is 17.7 Å². The number of nitrogens with two attached hydrogens (primary N) is 2. The lowest BCUT2D eigenvalue weighted by Crippen LogP contribution is -3.00. The van der Waals surface area contributed by atoms with E-state index in [1.807, 2.05) is 30.3 Å². The number of amides is 1. The zero-order valence-electron chi connectivity index (χ0n) is 16.9. The molecule has 0 saturated carbocycles. The maximum atomic E-state index is 12.8. The maximum Gasteiger partial charge on any atom is 0.416 e. The van der Waals surface area contributed by atoms with Crippen molar-refractivity contribution < 1.29 is 40.4 Å². The number of benzene rings is 2. The second-order valence-electron chi connectivity index (χ2n) is 6.77. The average Bonchev–Trinajstić information content (AvgIpc) is 2.74. The summed E-state index contributed by atoms with van der Waals surface area (Å²) in [6.07, 6.45) is -4.45. The van der Waals surface area contributed by atoms with Crippen LogP contribution in [0.25, 0.3) is 0 Å². The number of nitrogens with zero attached hydrogens (tertiary/aromatic N) is 1. The van der Waals surface area contributed by atoms with E-state index in [-0.39, 0.29) is 31.4 Å². The van der Waals surface area contributed by atoms with Crippen LogP contribution in [0.3, 0.4) is 0 Å². The lowest BCUT2D eigenvalue weighted by atomic mass is 10.1. The first-order valence-electron chi connectivity index (χ1n) is 9.55. The van der Waals surface area contributed by atoms with Crippen LogP contribution in [-0.2, 0) is 23.9 Å². The predicted octanol–water partition coefficient (Wildman–Crippen LogP) is 0.873. The van der Waals surface area contributed by atoms with Crippen LogP contribution >= 0.6 is 0 Å². The minimum absolute atomic E-state index is 0. The van der Waals surface area contributed by atoms with Gasteiger partial charge in [-0.15, -0.1) is 0 Å². The maximum absolute atomic E-state index is 12.8. The van der Waals surface area contributed by atoms with E-state index in [4.69, 9.17) is 10.5 Å². The number of alkyl halides is 3. The summed E-state index contributed by atoms with van der Waals surface area (Å²) in [5.74, 6) is 0.565. The molecule has 1 amide bonds. The van der Waals surface area contributed by atoms with Gasteiger partial charge in [-0.3, -0.25) is 10.6 Å². The van der Waals surface area contributed by atoms with Crippen LogP contribution in [0.2, 0.25) is 0 Å². The van der Waals surface area contributed by atoms with Crippen molar-refractivity contribution >= 4 is 23.4 Å². The molecule has 2 aromatic carbocycles. The van der Waals surface area contributed by atoms with Crippen molar-refractivity contribution in [1.29, 1.82) is 0 Å². The van der Waals surface area contributed by atoms with Crippen LogP contribution < -0.4 is 28.8 Å². The summed E-state index contributed by atoms with van der Waals surface area (Å²) in [5.41, 5.74) is 7.04. The van der Waals surface area contributed by atoms with Gasteiger partial charge in [-0.1, -0.05) is 42.5 Å². The number of rotatable bonds is 7. The Bertz CT molecular complexity index is 1030. The fourth-order valence-corrected chi connectivity index (χ4v) is 2.86. The van der Waals surface area contributed by atoms with E-state index in [1.165, 1.54) is 6.07 Å². The fraction of sp³-hybridized carbons (Fsp3) is 0.182. The van der Waals surface area contributed by atoms with Crippen molar-refractivity contribution in [2.24, 2.45) is 0 Å². The number of anilines is 2. The van der Waals surface area contributed by atoms with Gasteiger partial charge in [-0.05, 0) is 23.8 Å². The van der Waals surface area contributed by atoms with Crippen LogP contribution in [0.1, 0.15) is 16.7 Å². The Morgan fingerprint density at radius 1 is 1.03 bits per heavy atom. The van der Waals surface area contributed by atoms with E-state index in [9.17, 15) is 18.0 Å². The third kappa shape index (κ3) is 7.44. The Balaban J connectivity index is 0.00000363.